The number of halogens is 2. The normalized spacial score (nSPS) is 10.5. The SMILES string of the molecule is CCOC(=O)c1cc2cc(Br)c(I)cc2cn1. The van der Waals surface area contributed by atoms with E-state index in [2.05, 4.69) is 43.5 Å². The third-order valence-corrected chi connectivity index (χ3v) is 4.54. The van der Waals surface area contributed by atoms with Crippen molar-refractivity contribution in [2.75, 3.05) is 6.61 Å². The second-order valence-electron chi connectivity index (χ2n) is 3.40. The maximum absolute atomic E-state index is 11.5. The number of rotatable bonds is 2. The molecule has 0 amide bonds. The van der Waals surface area contributed by atoms with E-state index in [9.17, 15) is 4.79 Å². The van der Waals surface area contributed by atoms with Crippen molar-refractivity contribution >= 4 is 55.3 Å². The molecule has 2 rings (SSSR count). The number of ether oxygens (including phenoxy) is 1. The molecule has 2 aromatic rings. The molecular formula is C12H9BrINO2. The van der Waals surface area contributed by atoms with Crippen LogP contribution in [0.4, 0.5) is 0 Å². The minimum Gasteiger partial charge on any atom is -0.461 e. The molecule has 3 nitrogen and oxygen atoms in total. The molecule has 0 aliphatic heterocycles. The van der Waals surface area contributed by atoms with Gasteiger partial charge in [-0.1, -0.05) is 0 Å². The van der Waals surface area contributed by atoms with E-state index < -0.39 is 0 Å². The highest BCUT2D eigenvalue weighted by atomic mass is 127. The molecule has 0 saturated heterocycles. The summed E-state index contributed by atoms with van der Waals surface area (Å²) >= 11 is 5.71. The number of aromatic nitrogens is 1. The molecule has 0 aliphatic rings. The minimum atomic E-state index is -0.385. The predicted molar refractivity (Wildman–Crippen MR) is 78.1 cm³/mol. The maximum Gasteiger partial charge on any atom is 0.356 e. The van der Waals surface area contributed by atoms with Gasteiger partial charge in [-0.05, 0) is 69.0 Å². The van der Waals surface area contributed by atoms with Crippen LogP contribution in [0.5, 0.6) is 0 Å². The standard InChI is InChI=1S/C12H9BrINO2/c1-2-17-12(16)11-5-7-3-9(13)10(14)4-8(7)6-15-11/h3-6H,2H2,1H3. The molecule has 88 valence electrons. The Hall–Kier alpha value is -0.690. The maximum atomic E-state index is 11.5. The second kappa shape index (κ2) is 5.30. The van der Waals surface area contributed by atoms with Crippen molar-refractivity contribution in [1.82, 2.24) is 4.98 Å². The molecule has 0 bridgehead atoms. The molecular weight excluding hydrogens is 397 g/mol. The highest BCUT2D eigenvalue weighted by molar-refractivity contribution is 14.1. The predicted octanol–water partition coefficient (Wildman–Crippen LogP) is 3.78. The second-order valence-corrected chi connectivity index (χ2v) is 5.42. The fraction of sp³-hybridized carbons (Fsp3) is 0.167. The summed E-state index contributed by atoms with van der Waals surface area (Å²) in [4.78, 5) is 15.6. The first kappa shape index (κ1) is 12.8. The zero-order valence-electron chi connectivity index (χ0n) is 9.04. The van der Waals surface area contributed by atoms with Gasteiger partial charge in [0.1, 0.15) is 5.69 Å². The number of nitrogens with zero attached hydrogens (tertiary/aromatic N) is 1. The molecule has 5 heteroatoms. The fourth-order valence-electron chi connectivity index (χ4n) is 1.45. The quantitative estimate of drug-likeness (QED) is 0.563. The van der Waals surface area contributed by atoms with Crippen molar-refractivity contribution in [3.05, 3.63) is 38.1 Å². The number of fused-ring (bicyclic) bond motifs is 1. The van der Waals surface area contributed by atoms with Gasteiger partial charge in [-0.3, -0.25) is 0 Å². The topological polar surface area (TPSA) is 39.2 Å². The van der Waals surface area contributed by atoms with Crippen LogP contribution in [0.3, 0.4) is 0 Å². The fourth-order valence-corrected chi connectivity index (χ4v) is 2.31. The molecule has 0 radical (unpaired) electrons. The monoisotopic (exact) mass is 405 g/mol. The van der Waals surface area contributed by atoms with Crippen LogP contribution in [0.2, 0.25) is 0 Å². The molecule has 0 N–H and O–H groups in total. The number of carbonyl (C=O) groups excluding carboxylic acids is 1. The van der Waals surface area contributed by atoms with Crippen LogP contribution in [0, 0.1) is 3.57 Å². The highest BCUT2D eigenvalue weighted by Crippen LogP contribution is 2.25. The third-order valence-electron chi connectivity index (χ3n) is 2.25. The Bertz CT molecular complexity index is 586. The van der Waals surface area contributed by atoms with Gasteiger partial charge in [-0.15, -0.1) is 0 Å². The van der Waals surface area contributed by atoms with Gasteiger partial charge in [0.2, 0.25) is 0 Å². The van der Waals surface area contributed by atoms with Crippen LogP contribution in [0.25, 0.3) is 10.8 Å². The molecule has 0 spiro atoms. The van der Waals surface area contributed by atoms with Crippen molar-refractivity contribution in [3.63, 3.8) is 0 Å². The van der Waals surface area contributed by atoms with Gasteiger partial charge in [-0.2, -0.15) is 0 Å². The largest absolute Gasteiger partial charge is 0.461 e. The van der Waals surface area contributed by atoms with Crippen LogP contribution < -0.4 is 0 Å². The first-order chi connectivity index (χ1) is 8.11. The van der Waals surface area contributed by atoms with E-state index in [-0.39, 0.29) is 5.97 Å². The molecule has 1 heterocycles. The van der Waals surface area contributed by atoms with E-state index in [1.54, 1.807) is 19.2 Å². The Balaban J connectivity index is 2.50. The van der Waals surface area contributed by atoms with E-state index in [4.69, 9.17) is 4.74 Å². The Morgan fingerprint density at radius 2 is 2.18 bits per heavy atom. The summed E-state index contributed by atoms with van der Waals surface area (Å²) in [6, 6.07) is 5.73. The number of carbonyl (C=O) groups is 1. The molecule has 0 fully saturated rings. The summed E-state index contributed by atoms with van der Waals surface area (Å²) in [5.74, 6) is -0.385. The average molecular weight is 406 g/mol. The molecule has 1 aromatic heterocycles. The van der Waals surface area contributed by atoms with Gasteiger partial charge in [0.25, 0.3) is 0 Å². The molecule has 1 aromatic carbocycles. The molecule has 0 atom stereocenters. The zero-order chi connectivity index (χ0) is 12.4. The molecule has 0 aliphatic carbocycles. The summed E-state index contributed by atoms with van der Waals surface area (Å²) in [5.41, 5.74) is 0.340. The van der Waals surface area contributed by atoms with Crippen molar-refractivity contribution in [3.8, 4) is 0 Å². The van der Waals surface area contributed by atoms with E-state index in [1.807, 2.05) is 12.1 Å². The summed E-state index contributed by atoms with van der Waals surface area (Å²) in [6.45, 7) is 2.13. The van der Waals surface area contributed by atoms with Gasteiger partial charge in [0, 0.05) is 19.6 Å². The smallest absolute Gasteiger partial charge is 0.356 e. The van der Waals surface area contributed by atoms with Crippen molar-refractivity contribution < 1.29 is 9.53 Å². The minimum absolute atomic E-state index is 0.340. The van der Waals surface area contributed by atoms with Gasteiger partial charge in [0.05, 0.1) is 6.61 Å². The lowest BCUT2D eigenvalue weighted by Crippen LogP contribution is -2.06. The van der Waals surface area contributed by atoms with Crippen molar-refractivity contribution in [1.29, 1.82) is 0 Å². The number of hydrogen-bond acceptors (Lipinski definition) is 3. The summed E-state index contributed by atoms with van der Waals surface area (Å²) in [5, 5.41) is 1.97. The van der Waals surface area contributed by atoms with E-state index in [0.29, 0.717) is 12.3 Å². The Kier molecular flexibility index (Phi) is 3.98. The van der Waals surface area contributed by atoms with Gasteiger partial charge < -0.3 is 4.74 Å². The number of pyridine rings is 1. The van der Waals surface area contributed by atoms with Gasteiger partial charge in [-0.25, -0.2) is 9.78 Å². The molecule has 17 heavy (non-hydrogen) atoms. The number of benzene rings is 1. The van der Waals surface area contributed by atoms with Gasteiger partial charge in [0.15, 0.2) is 0 Å². The van der Waals surface area contributed by atoms with Gasteiger partial charge >= 0.3 is 5.97 Å². The first-order valence-electron chi connectivity index (χ1n) is 5.03. The van der Waals surface area contributed by atoms with Crippen LogP contribution in [0.1, 0.15) is 17.4 Å². The van der Waals surface area contributed by atoms with Crippen molar-refractivity contribution in [2.24, 2.45) is 0 Å². The summed E-state index contributed by atoms with van der Waals surface area (Å²) < 4.78 is 7.03. The Labute approximate surface area is 121 Å². The summed E-state index contributed by atoms with van der Waals surface area (Å²) in [6.07, 6.45) is 1.69. The highest BCUT2D eigenvalue weighted by Gasteiger charge is 2.09. The van der Waals surface area contributed by atoms with Crippen LogP contribution in [0.15, 0.2) is 28.9 Å². The average Bonchev–Trinajstić information content (AvgIpc) is 2.30. The summed E-state index contributed by atoms with van der Waals surface area (Å²) in [7, 11) is 0. The van der Waals surface area contributed by atoms with Crippen LogP contribution in [-0.2, 0) is 4.74 Å². The van der Waals surface area contributed by atoms with E-state index in [0.717, 1.165) is 18.8 Å². The number of esters is 1. The van der Waals surface area contributed by atoms with Crippen molar-refractivity contribution in [2.45, 2.75) is 6.92 Å². The van der Waals surface area contributed by atoms with E-state index in [1.165, 1.54) is 0 Å². The Morgan fingerprint density at radius 1 is 1.41 bits per heavy atom. The third kappa shape index (κ3) is 2.77. The lowest BCUT2D eigenvalue weighted by molar-refractivity contribution is 0.0520. The van der Waals surface area contributed by atoms with E-state index >= 15 is 0 Å². The lowest BCUT2D eigenvalue weighted by Gasteiger charge is -2.04. The zero-order valence-corrected chi connectivity index (χ0v) is 12.8. The number of hydrogen-bond donors (Lipinski definition) is 0. The first-order valence-corrected chi connectivity index (χ1v) is 6.91. The van der Waals surface area contributed by atoms with Crippen LogP contribution in [-0.4, -0.2) is 17.6 Å². The Morgan fingerprint density at radius 3 is 2.88 bits per heavy atom. The molecule has 0 unspecified atom stereocenters. The van der Waals surface area contributed by atoms with Crippen LogP contribution >= 0.6 is 38.5 Å². The lowest BCUT2D eigenvalue weighted by atomic mass is 10.1. The molecule has 0 saturated carbocycles.